The lowest BCUT2D eigenvalue weighted by atomic mass is 9.90. The summed E-state index contributed by atoms with van der Waals surface area (Å²) in [4.78, 5) is 42.0. The lowest BCUT2D eigenvalue weighted by Gasteiger charge is -2.47. The van der Waals surface area contributed by atoms with Crippen LogP contribution in [0.3, 0.4) is 0 Å². The summed E-state index contributed by atoms with van der Waals surface area (Å²) in [5.74, 6) is -1.43. The van der Waals surface area contributed by atoms with Crippen LogP contribution >= 0.6 is 0 Å². The van der Waals surface area contributed by atoms with Crippen LogP contribution in [0, 0.1) is 5.82 Å². The minimum Gasteiger partial charge on any atom is -0.351 e. The molecule has 8 heteroatoms. The minimum atomic E-state index is -1.21. The molecule has 3 aromatic rings. The predicted octanol–water partition coefficient (Wildman–Crippen LogP) is 4.77. The third kappa shape index (κ3) is 3.94. The highest BCUT2D eigenvalue weighted by molar-refractivity contribution is 6.14. The van der Waals surface area contributed by atoms with E-state index in [4.69, 9.17) is 0 Å². The summed E-state index contributed by atoms with van der Waals surface area (Å²) in [6.45, 7) is 5.23. The Morgan fingerprint density at radius 1 is 1.11 bits per heavy atom. The first kappa shape index (κ1) is 24.0. The summed E-state index contributed by atoms with van der Waals surface area (Å²) < 4.78 is 16.0. The summed E-state index contributed by atoms with van der Waals surface area (Å²) in [6.07, 6.45) is 3.99. The normalized spacial score (nSPS) is 20.9. The second-order valence-corrected chi connectivity index (χ2v) is 10.1. The fraction of sp³-hybridized carbons (Fsp3) is 0.393. The molecule has 1 fully saturated rings. The van der Waals surface area contributed by atoms with E-state index in [9.17, 15) is 18.8 Å². The van der Waals surface area contributed by atoms with Gasteiger partial charge in [-0.2, -0.15) is 0 Å². The molecular formula is C28H31FN4O3. The summed E-state index contributed by atoms with van der Waals surface area (Å²) in [7, 11) is 0. The molecule has 0 spiro atoms. The Kier molecular flexibility index (Phi) is 6.06. The van der Waals surface area contributed by atoms with Crippen LogP contribution in [0.4, 0.5) is 10.1 Å². The Balaban J connectivity index is 1.69. The molecule has 1 aliphatic heterocycles. The molecule has 0 bridgehead atoms. The highest BCUT2D eigenvalue weighted by atomic mass is 19.1. The topological polar surface area (TPSA) is 83.4 Å². The van der Waals surface area contributed by atoms with Crippen molar-refractivity contribution in [1.29, 1.82) is 0 Å². The largest absolute Gasteiger partial charge is 0.351 e. The molecule has 2 aliphatic rings. The molecule has 2 heterocycles. The molecule has 2 N–H and O–H groups in total. The van der Waals surface area contributed by atoms with Crippen molar-refractivity contribution in [1.82, 2.24) is 14.8 Å². The van der Waals surface area contributed by atoms with E-state index in [1.165, 1.54) is 19.1 Å². The van der Waals surface area contributed by atoms with Crippen molar-refractivity contribution < 1.29 is 18.8 Å². The van der Waals surface area contributed by atoms with Gasteiger partial charge >= 0.3 is 0 Å². The van der Waals surface area contributed by atoms with Gasteiger partial charge in [0.25, 0.3) is 5.91 Å². The van der Waals surface area contributed by atoms with Crippen molar-refractivity contribution in [2.45, 2.75) is 70.6 Å². The van der Waals surface area contributed by atoms with E-state index < -0.39 is 17.4 Å². The van der Waals surface area contributed by atoms with Crippen molar-refractivity contribution in [3.05, 3.63) is 65.6 Å². The van der Waals surface area contributed by atoms with E-state index in [2.05, 4.69) is 10.6 Å². The minimum absolute atomic E-state index is 0.0881. The molecule has 7 nitrogen and oxygen atoms in total. The van der Waals surface area contributed by atoms with E-state index in [1.54, 1.807) is 22.5 Å². The van der Waals surface area contributed by atoms with Gasteiger partial charge in [-0.3, -0.25) is 14.4 Å². The molecule has 1 aliphatic carbocycles. The van der Waals surface area contributed by atoms with Gasteiger partial charge in [0.2, 0.25) is 11.8 Å². The van der Waals surface area contributed by atoms with E-state index >= 15 is 0 Å². The van der Waals surface area contributed by atoms with Crippen molar-refractivity contribution in [3.8, 4) is 0 Å². The number of aromatic nitrogens is 1. The highest BCUT2D eigenvalue weighted by Gasteiger charge is 2.51. The van der Waals surface area contributed by atoms with Gasteiger partial charge in [0.05, 0.1) is 23.8 Å². The number of fused-ring (bicyclic) bond motifs is 3. The van der Waals surface area contributed by atoms with Crippen molar-refractivity contribution >= 4 is 34.3 Å². The fourth-order valence-electron chi connectivity index (χ4n) is 5.81. The Morgan fingerprint density at radius 3 is 2.47 bits per heavy atom. The van der Waals surface area contributed by atoms with E-state index in [0.29, 0.717) is 10.9 Å². The van der Waals surface area contributed by atoms with Crippen LogP contribution in [0.5, 0.6) is 0 Å². The number of benzene rings is 2. The zero-order valence-corrected chi connectivity index (χ0v) is 20.8. The molecule has 3 amide bonds. The van der Waals surface area contributed by atoms with Crippen LogP contribution in [0.2, 0.25) is 0 Å². The number of amides is 3. The number of carbonyl (C=O) groups is 3. The Morgan fingerprint density at radius 2 is 1.81 bits per heavy atom. The molecular weight excluding hydrogens is 459 g/mol. The third-order valence-corrected chi connectivity index (χ3v) is 7.59. The Bertz CT molecular complexity index is 1350. The Labute approximate surface area is 209 Å². The molecule has 5 rings (SSSR count). The van der Waals surface area contributed by atoms with Gasteiger partial charge in [-0.25, -0.2) is 4.39 Å². The first-order chi connectivity index (χ1) is 17.2. The van der Waals surface area contributed by atoms with E-state index in [-0.39, 0.29) is 41.7 Å². The third-order valence-electron chi connectivity index (χ3n) is 7.59. The number of nitrogens with one attached hydrogen (secondary N) is 2. The highest BCUT2D eigenvalue weighted by Crippen LogP contribution is 2.42. The quantitative estimate of drug-likeness (QED) is 0.540. The first-order valence-electron chi connectivity index (χ1n) is 12.5. The second kappa shape index (κ2) is 9.08. The number of nitrogens with zero attached hydrogens (tertiary/aromatic N) is 2. The number of hydrogen-bond acceptors (Lipinski definition) is 3. The number of hydrogen-bond donors (Lipinski definition) is 2. The maximum Gasteiger partial charge on any atom is 0.274 e. The predicted molar refractivity (Wildman–Crippen MR) is 136 cm³/mol. The zero-order valence-electron chi connectivity index (χ0n) is 20.8. The van der Waals surface area contributed by atoms with Crippen LogP contribution in [-0.2, 0) is 16.1 Å². The number of rotatable bonds is 5. The number of halogens is 1. The smallest absolute Gasteiger partial charge is 0.274 e. The first-order valence-corrected chi connectivity index (χ1v) is 12.5. The molecule has 188 valence electrons. The van der Waals surface area contributed by atoms with E-state index in [0.717, 1.165) is 31.2 Å². The second-order valence-electron chi connectivity index (χ2n) is 10.1. The lowest BCUT2D eigenvalue weighted by molar-refractivity contribution is -0.134. The molecule has 0 unspecified atom stereocenters. The molecule has 36 heavy (non-hydrogen) atoms. The van der Waals surface area contributed by atoms with Crippen LogP contribution < -0.4 is 10.6 Å². The summed E-state index contributed by atoms with van der Waals surface area (Å²) in [6, 6.07) is 13.5. The van der Waals surface area contributed by atoms with Gasteiger partial charge in [0, 0.05) is 18.4 Å². The van der Waals surface area contributed by atoms with Gasteiger partial charge < -0.3 is 20.1 Å². The van der Waals surface area contributed by atoms with Gasteiger partial charge in [0.1, 0.15) is 17.1 Å². The lowest BCUT2D eigenvalue weighted by Crippen LogP contribution is -2.65. The SMILES string of the molecule is CC(=O)Nc1c2n(c3ccc(F)cc13)C[C@](C)(C(=O)NC1CCCC1)N([C@@H](C)c1ccccc1)C2=O. The maximum atomic E-state index is 14.3. The van der Waals surface area contributed by atoms with Crippen molar-refractivity contribution in [2.24, 2.45) is 0 Å². The maximum absolute atomic E-state index is 14.3. The van der Waals surface area contributed by atoms with Gasteiger partial charge in [-0.1, -0.05) is 43.2 Å². The van der Waals surface area contributed by atoms with Crippen LogP contribution in [0.1, 0.15) is 68.5 Å². The Hall–Kier alpha value is -3.68. The van der Waals surface area contributed by atoms with Crippen molar-refractivity contribution in [2.75, 3.05) is 5.32 Å². The van der Waals surface area contributed by atoms with E-state index in [1.807, 2.05) is 37.3 Å². The van der Waals surface area contributed by atoms with Crippen LogP contribution in [-0.4, -0.2) is 38.8 Å². The average Bonchev–Trinajstić information content (AvgIpc) is 3.45. The monoisotopic (exact) mass is 490 g/mol. The van der Waals surface area contributed by atoms with Crippen LogP contribution in [0.15, 0.2) is 48.5 Å². The molecule has 2 atom stereocenters. The van der Waals surface area contributed by atoms with Crippen molar-refractivity contribution in [3.63, 3.8) is 0 Å². The molecule has 0 saturated heterocycles. The summed E-state index contributed by atoms with van der Waals surface area (Å²) >= 11 is 0. The zero-order chi connectivity index (χ0) is 25.6. The van der Waals surface area contributed by atoms with Crippen LogP contribution in [0.25, 0.3) is 10.9 Å². The standard InChI is InChI=1S/C28H31FN4O3/c1-17(19-9-5-4-6-10-19)33-26(35)25-24(30-18(2)34)22-15-20(29)13-14-23(22)32(25)16-28(33,3)27(36)31-21-11-7-8-12-21/h4-6,9-10,13-15,17,21H,7-8,11-12,16H2,1-3H3,(H,30,34)(H,31,36)/t17-,28+/m0/s1. The molecule has 2 aromatic carbocycles. The number of carbonyl (C=O) groups excluding carboxylic acids is 3. The number of anilines is 1. The fourth-order valence-corrected chi connectivity index (χ4v) is 5.81. The molecule has 1 aromatic heterocycles. The average molecular weight is 491 g/mol. The van der Waals surface area contributed by atoms with Gasteiger partial charge in [-0.05, 0) is 50.5 Å². The summed E-state index contributed by atoms with van der Waals surface area (Å²) in [5, 5.41) is 6.38. The van der Waals surface area contributed by atoms with Gasteiger partial charge in [-0.15, -0.1) is 0 Å². The molecule has 1 saturated carbocycles. The van der Waals surface area contributed by atoms with Gasteiger partial charge in [0.15, 0.2) is 0 Å². The molecule has 0 radical (unpaired) electrons. The summed E-state index contributed by atoms with van der Waals surface area (Å²) in [5.41, 5.74) is 0.790.